The molecular formula is C20H21N3O3. The van der Waals surface area contributed by atoms with E-state index in [1.165, 1.54) is 6.08 Å². The molecular weight excluding hydrogens is 330 g/mol. The topological polar surface area (TPSA) is 79.2 Å². The molecule has 1 aromatic carbocycles. The number of benzene rings is 1. The average Bonchev–Trinajstić information content (AvgIpc) is 3.17. The van der Waals surface area contributed by atoms with E-state index < -0.39 is 0 Å². The number of amides is 1. The molecule has 0 spiro atoms. The Morgan fingerprint density at radius 2 is 2.12 bits per heavy atom. The van der Waals surface area contributed by atoms with Crippen LogP contribution in [0.1, 0.15) is 31.9 Å². The maximum absolute atomic E-state index is 12.7. The zero-order chi connectivity index (χ0) is 18.5. The largest absolute Gasteiger partial charge is 0.465 e. The summed E-state index contributed by atoms with van der Waals surface area (Å²) in [7, 11) is 0. The number of rotatable bonds is 6. The molecule has 2 heterocycles. The number of furan rings is 1. The maximum atomic E-state index is 12.7. The second kappa shape index (κ2) is 7.82. The number of aromatic amines is 1. The number of hydrogen-bond donors (Lipinski definition) is 1. The summed E-state index contributed by atoms with van der Waals surface area (Å²) in [5.74, 6) is 0.917. The van der Waals surface area contributed by atoms with Gasteiger partial charge in [0.05, 0.1) is 23.7 Å². The average molecular weight is 351 g/mol. The van der Waals surface area contributed by atoms with Crippen molar-refractivity contribution >= 4 is 22.9 Å². The fourth-order valence-corrected chi connectivity index (χ4v) is 2.68. The standard InChI is InChI=1S/C20H21N3O3/c1-3-14(2)23(19(24)11-10-15-7-6-12-26-15)13-18-21-17-9-5-4-8-16(17)20(25)22-18/h4-12,14H,3,13H2,1-2H3,(H,21,22,25). The highest BCUT2D eigenvalue weighted by molar-refractivity contribution is 5.91. The molecule has 1 atom stereocenters. The summed E-state index contributed by atoms with van der Waals surface area (Å²) < 4.78 is 5.22. The molecule has 6 heteroatoms. The van der Waals surface area contributed by atoms with Crippen molar-refractivity contribution in [2.75, 3.05) is 0 Å². The van der Waals surface area contributed by atoms with Gasteiger partial charge in [0.1, 0.15) is 11.6 Å². The Morgan fingerprint density at radius 3 is 2.85 bits per heavy atom. The summed E-state index contributed by atoms with van der Waals surface area (Å²) >= 11 is 0. The van der Waals surface area contributed by atoms with Gasteiger partial charge in [-0.15, -0.1) is 0 Å². The van der Waals surface area contributed by atoms with E-state index in [9.17, 15) is 9.59 Å². The summed E-state index contributed by atoms with van der Waals surface area (Å²) in [6, 6.07) is 10.7. The highest BCUT2D eigenvalue weighted by atomic mass is 16.3. The van der Waals surface area contributed by atoms with Gasteiger partial charge in [-0.3, -0.25) is 9.59 Å². The first-order chi connectivity index (χ1) is 12.6. The number of carbonyl (C=O) groups is 1. The molecule has 0 radical (unpaired) electrons. The lowest BCUT2D eigenvalue weighted by Crippen LogP contribution is -2.37. The zero-order valence-electron chi connectivity index (χ0n) is 14.8. The SMILES string of the molecule is CCC(C)N(Cc1nc2ccccc2c(=O)[nH]1)C(=O)C=Cc1ccco1. The van der Waals surface area contributed by atoms with Gasteiger partial charge in [0, 0.05) is 12.1 Å². The van der Waals surface area contributed by atoms with Gasteiger partial charge in [0.15, 0.2) is 0 Å². The second-order valence-electron chi connectivity index (χ2n) is 6.10. The molecule has 0 fully saturated rings. The van der Waals surface area contributed by atoms with Crippen LogP contribution >= 0.6 is 0 Å². The number of nitrogens with zero attached hydrogens (tertiary/aromatic N) is 2. The van der Waals surface area contributed by atoms with Crippen molar-refractivity contribution in [3.63, 3.8) is 0 Å². The van der Waals surface area contributed by atoms with Crippen LogP contribution in [-0.4, -0.2) is 26.8 Å². The summed E-state index contributed by atoms with van der Waals surface area (Å²) in [4.78, 5) is 33.9. The van der Waals surface area contributed by atoms with Gasteiger partial charge in [-0.05, 0) is 43.7 Å². The minimum absolute atomic E-state index is 0.000485. The summed E-state index contributed by atoms with van der Waals surface area (Å²) in [6.07, 6.45) is 5.46. The smallest absolute Gasteiger partial charge is 0.258 e. The Hall–Kier alpha value is -3.15. The normalized spacial score (nSPS) is 12.5. The zero-order valence-corrected chi connectivity index (χ0v) is 14.8. The van der Waals surface area contributed by atoms with E-state index in [4.69, 9.17) is 4.42 Å². The quantitative estimate of drug-likeness (QED) is 0.691. The third-order valence-corrected chi connectivity index (χ3v) is 4.32. The molecule has 0 aliphatic heterocycles. The van der Waals surface area contributed by atoms with Crippen molar-refractivity contribution in [3.8, 4) is 0 Å². The van der Waals surface area contributed by atoms with Crippen molar-refractivity contribution in [1.29, 1.82) is 0 Å². The van der Waals surface area contributed by atoms with Crippen LogP contribution in [0.2, 0.25) is 0 Å². The van der Waals surface area contributed by atoms with Gasteiger partial charge < -0.3 is 14.3 Å². The minimum atomic E-state index is -0.201. The molecule has 0 aliphatic rings. The molecule has 6 nitrogen and oxygen atoms in total. The van der Waals surface area contributed by atoms with Crippen molar-refractivity contribution in [1.82, 2.24) is 14.9 Å². The molecule has 2 aromatic heterocycles. The van der Waals surface area contributed by atoms with Crippen molar-refractivity contribution in [2.24, 2.45) is 0 Å². The molecule has 0 saturated carbocycles. The van der Waals surface area contributed by atoms with E-state index >= 15 is 0 Å². The highest BCUT2D eigenvalue weighted by Gasteiger charge is 2.19. The van der Waals surface area contributed by atoms with Crippen LogP contribution < -0.4 is 5.56 Å². The Morgan fingerprint density at radius 1 is 1.31 bits per heavy atom. The van der Waals surface area contributed by atoms with Crippen molar-refractivity contribution in [3.05, 3.63) is 70.7 Å². The van der Waals surface area contributed by atoms with E-state index in [2.05, 4.69) is 9.97 Å². The highest BCUT2D eigenvalue weighted by Crippen LogP contribution is 2.12. The first kappa shape index (κ1) is 17.7. The lowest BCUT2D eigenvalue weighted by atomic mass is 10.2. The minimum Gasteiger partial charge on any atom is -0.465 e. The Balaban J connectivity index is 1.87. The van der Waals surface area contributed by atoms with E-state index in [0.717, 1.165) is 6.42 Å². The number of carbonyl (C=O) groups excluding carboxylic acids is 1. The van der Waals surface area contributed by atoms with Crippen molar-refractivity contribution in [2.45, 2.75) is 32.9 Å². The summed E-state index contributed by atoms with van der Waals surface area (Å²) in [5.41, 5.74) is 0.419. The third-order valence-electron chi connectivity index (χ3n) is 4.32. The number of fused-ring (bicyclic) bond motifs is 1. The number of hydrogen-bond acceptors (Lipinski definition) is 4. The summed E-state index contributed by atoms with van der Waals surface area (Å²) in [5, 5.41) is 0.537. The van der Waals surface area contributed by atoms with E-state index in [0.29, 0.717) is 22.5 Å². The fraction of sp³-hybridized carbons (Fsp3) is 0.250. The van der Waals surface area contributed by atoms with E-state index in [-0.39, 0.29) is 24.1 Å². The molecule has 134 valence electrons. The molecule has 1 unspecified atom stereocenters. The third kappa shape index (κ3) is 3.91. The van der Waals surface area contributed by atoms with E-state index in [1.54, 1.807) is 47.6 Å². The van der Waals surface area contributed by atoms with Gasteiger partial charge in [0.25, 0.3) is 5.56 Å². The molecule has 26 heavy (non-hydrogen) atoms. The van der Waals surface area contributed by atoms with Gasteiger partial charge in [-0.2, -0.15) is 0 Å². The maximum Gasteiger partial charge on any atom is 0.258 e. The van der Waals surface area contributed by atoms with Crippen LogP contribution in [0.25, 0.3) is 17.0 Å². The predicted molar refractivity (Wildman–Crippen MR) is 100 cm³/mol. The number of para-hydroxylation sites is 1. The molecule has 3 aromatic rings. The van der Waals surface area contributed by atoms with Gasteiger partial charge in [-0.25, -0.2) is 4.98 Å². The lowest BCUT2D eigenvalue weighted by Gasteiger charge is -2.27. The van der Waals surface area contributed by atoms with E-state index in [1.807, 2.05) is 19.9 Å². The number of H-pyrrole nitrogens is 1. The summed E-state index contributed by atoms with van der Waals surface area (Å²) in [6.45, 7) is 4.21. The fourth-order valence-electron chi connectivity index (χ4n) is 2.68. The number of nitrogens with one attached hydrogen (secondary N) is 1. The first-order valence-electron chi connectivity index (χ1n) is 8.58. The Kier molecular flexibility index (Phi) is 5.31. The van der Waals surface area contributed by atoms with Crippen LogP contribution in [-0.2, 0) is 11.3 Å². The van der Waals surface area contributed by atoms with Gasteiger partial charge >= 0.3 is 0 Å². The van der Waals surface area contributed by atoms with Crippen LogP contribution in [0.4, 0.5) is 0 Å². The lowest BCUT2D eigenvalue weighted by molar-refractivity contribution is -0.128. The Labute approximate surface area is 151 Å². The predicted octanol–water partition coefficient (Wildman–Crippen LogP) is 3.36. The van der Waals surface area contributed by atoms with Crippen LogP contribution in [0, 0.1) is 0 Å². The van der Waals surface area contributed by atoms with Crippen LogP contribution in [0.15, 0.2) is 57.9 Å². The second-order valence-corrected chi connectivity index (χ2v) is 6.10. The Bertz CT molecular complexity index is 973. The molecule has 1 amide bonds. The monoisotopic (exact) mass is 351 g/mol. The number of aromatic nitrogens is 2. The van der Waals surface area contributed by atoms with Crippen LogP contribution in [0.3, 0.4) is 0 Å². The van der Waals surface area contributed by atoms with Gasteiger partial charge in [-0.1, -0.05) is 19.1 Å². The van der Waals surface area contributed by atoms with Gasteiger partial charge in [0.2, 0.25) is 5.91 Å². The van der Waals surface area contributed by atoms with Crippen LogP contribution in [0.5, 0.6) is 0 Å². The molecule has 1 N–H and O–H groups in total. The molecule has 0 saturated heterocycles. The first-order valence-corrected chi connectivity index (χ1v) is 8.58. The molecule has 0 aliphatic carbocycles. The molecule has 0 bridgehead atoms. The van der Waals surface area contributed by atoms with Crippen molar-refractivity contribution < 1.29 is 9.21 Å². The molecule has 3 rings (SSSR count).